The summed E-state index contributed by atoms with van der Waals surface area (Å²) in [5.41, 5.74) is 2.13. The van der Waals surface area contributed by atoms with E-state index >= 15 is 0 Å². The second-order valence-electron chi connectivity index (χ2n) is 6.90. The normalized spacial score (nSPS) is 15.0. The van der Waals surface area contributed by atoms with Gasteiger partial charge >= 0.3 is 0 Å². The minimum Gasteiger partial charge on any atom is -0.274 e. The van der Waals surface area contributed by atoms with E-state index in [1.807, 2.05) is 60.7 Å². The summed E-state index contributed by atoms with van der Waals surface area (Å²) >= 11 is 0. The molecule has 142 valence electrons. The number of fused-ring (bicyclic) bond motifs is 3. The van der Waals surface area contributed by atoms with Crippen molar-refractivity contribution in [1.82, 2.24) is 0 Å². The molecule has 0 fully saturated rings. The second kappa shape index (κ2) is 8.02. The SMILES string of the molecule is CCC(C)SSc1ccccc1N1C(=O)Cc2ccc3ccccc3c2C1=O. The predicted octanol–water partition coefficient (Wildman–Crippen LogP) is 6.11. The van der Waals surface area contributed by atoms with Crippen molar-refractivity contribution in [3.05, 3.63) is 71.8 Å². The number of imide groups is 1. The Balaban J connectivity index is 1.78. The third-order valence-corrected chi connectivity index (χ3v) is 8.10. The number of hydrogen-bond donors (Lipinski definition) is 0. The van der Waals surface area contributed by atoms with Gasteiger partial charge in [-0.3, -0.25) is 9.59 Å². The first kappa shape index (κ1) is 19.1. The molecule has 5 heteroatoms. The lowest BCUT2D eigenvalue weighted by Crippen LogP contribution is -2.42. The lowest BCUT2D eigenvalue weighted by Gasteiger charge is -2.29. The highest BCUT2D eigenvalue weighted by Gasteiger charge is 2.34. The molecule has 1 heterocycles. The van der Waals surface area contributed by atoms with Crippen molar-refractivity contribution < 1.29 is 9.59 Å². The molecule has 0 bridgehead atoms. The Morgan fingerprint density at radius 1 is 1.00 bits per heavy atom. The van der Waals surface area contributed by atoms with Crippen LogP contribution in [0.5, 0.6) is 0 Å². The van der Waals surface area contributed by atoms with E-state index in [9.17, 15) is 9.59 Å². The van der Waals surface area contributed by atoms with Gasteiger partial charge in [-0.25, -0.2) is 4.90 Å². The van der Waals surface area contributed by atoms with Crippen molar-refractivity contribution >= 4 is 49.9 Å². The zero-order valence-electron chi connectivity index (χ0n) is 15.8. The molecule has 1 aliphatic heterocycles. The summed E-state index contributed by atoms with van der Waals surface area (Å²) in [6, 6.07) is 19.4. The summed E-state index contributed by atoms with van der Waals surface area (Å²) in [7, 11) is 3.40. The van der Waals surface area contributed by atoms with Crippen LogP contribution in [0.15, 0.2) is 65.6 Å². The third-order valence-electron chi connectivity index (χ3n) is 5.01. The van der Waals surface area contributed by atoms with Gasteiger partial charge in [0.15, 0.2) is 0 Å². The van der Waals surface area contributed by atoms with Gasteiger partial charge < -0.3 is 0 Å². The second-order valence-corrected chi connectivity index (χ2v) is 9.58. The maximum atomic E-state index is 13.5. The molecule has 1 aliphatic rings. The minimum atomic E-state index is -0.232. The standard InChI is InChI=1S/C23H21NO2S2/c1-3-15(2)27-28-20-11-7-6-10-19(20)24-21(25)14-17-13-12-16-8-4-5-9-18(16)22(17)23(24)26/h4-13,15H,3,14H2,1-2H3. The van der Waals surface area contributed by atoms with E-state index in [1.54, 1.807) is 21.6 Å². The Bertz CT molecular complexity index is 1060. The molecule has 4 rings (SSSR count). The van der Waals surface area contributed by atoms with Gasteiger partial charge in [0.25, 0.3) is 5.91 Å². The first-order chi connectivity index (χ1) is 13.6. The van der Waals surface area contributed by atoms with Crippen molar-refractivity contribution in [2.24, 2.45) is 0 Å². The van der Waals surface area contributed by atoms with Crippen molar-refractivity contribution in [3.8, 4) is 0 Å². The zero-order valence-corrected chi connectivity index (χ0v) is 17.5. The molecule has 3 aromatic rings. The molecule has 0 aliphatic carbocycles. The summed E-state index contributed by atoms with van der Waals surface area (Å²) in [4.78, 5) is 28.7. The van der Waals surface area contributed by atoms with E-state index in [2.05, 4.69) is 13.8 Å². The number of carbonyl (C=O) groups excluding carboxylic acids is 2. The number of hydrogen-bond acceptors (Lipinski definition) is 4. The number of para-hydroxylation sites is 1. The Morgan fingerprint density at radius 2 is 1.75 bits per heavy atom. The van der Waals surface area contributed by atoms with Gasteiger partial charge in [0, 0.05) is 10.1 Å². The molecule has 0 spiro atoms. The molecule has 0 saturated heterocycles. The third kappa shape index (κ3) is 3.45. The molecule has 3 aromatic carbocycles. The van der Waals surface area contributed by atoms with E-state index in [0.29, 0.717) is 16.5 Å². The van der Waals surface area contributed by atoms with Crippen molar-refractivity contribution in [2.75, 3.05) is 4.90 Å². The van der Waals surface area contributed by atoms with Gasteiger partial charge in [-0.15, -0.1) is 0 Å². The maximum absolute atomic E-state index is 13.5. The summed E-state index contributed by atoms with van der Waals surface area (Å²) in [5.74, 6) is -0.404. The van der Waals surface area contributed by atoms with E-state index in [1.165, 1.54) is 4.90 Å². The van der Waals surface area contributed by atoms with E-state index < -0.39 is 0 Å². The highest BCUT2D eigenvalue weighted by molar-refractivity contribution is 8.77. The number of anilines is 1. The lowest BCUT2D eigenvalue weighted by atomic mass is 9.92. The molecule has 3 nitrogen and oxygen atoms in total. The molecular weight excluding hydrogens is 386 g/mol. The van der Waals surface area contributed by atoms with Crippen molar-refractivity contribution in [1.29, 1.82) is 0 Å². The number of rotatable bonds is 5. The lowest BCUT2D eigenvalue weighted by molar-refractivity contribution is -0.117. The van der Waals surface area contributed by atoms with Crippen LogP contribution in [0.4, 0.5) is 5.69 Å². The Labute approximate surface area is 172 Å². The number of amides is 2. The van der Waals surface area contributed by atoms with E-state index in [4.69, 9.17) is 0 Å². The van der Waals surface area contributed by atoms with Crippen LogP contribution in [-0.4, -0.2) is 17.1 Å². The Kier molecular flexibility index (Phi) is 5.47. The fraction of sp³-hybridized carbons (Fsp3) is 0.217. The minimum absolute atomic E-state index is 0.172. The molecule has 0 N–H and O–H groups in total. The van der Waals surface area contributed by atoms with Gasteiger partial charge in [0.1, 0.15) is 0 Å². The van der Waals surface area contributed by atoms with Gasteiger partial charge in [-0.2, -0.15) is 0 Å². The number of benzene rings is 3. The van der Waals surface area contributed by atoms with Crippen LogP contribution in [0.1, 0.15) is 36.2 Å². The molecule has 0 radical (unpaired) electrons. The van der Waals surface area contributed by atoms with Crippen LogP contribution in [-0.2, 0) is 11.2 Å². The van der Waals surface area contributed by atoms with Crippen LogP contribution in [0.25, 0.3) is 10.8 Å². The Morgan fingerprint density at radius 3 is 2.57 bits per heavy atom. The highest BCUT2D eigenvalue weighted by Crippen LogP contribution is 2.42. The zero-order chi connectivity index (χ0) is 19.7. The van der Waals surface area contributed by atoms with Gasteiger partial charge in [-0.05, 0) is 34.9 Å². The molecular formula is C23H21NO2S2. The average Bonchev–Trinajstić information content (AvgIpc) is 2.72. The first-order valence-corrected chi connectivity index (χ1v) is 11.6. The highest BCUT2D eigenvalue weighted by atomic mass is 33.1. The summed E-state index contributed by atoms with van der Waals surface area (Å²) in [5, 5.41) is 2.41. The van der Waals surface area contributed by atoms with Crippen LogP contribution < -0.4 is 4.90 Å². The first-order valence-electron chi connectivity index (χ1n) is 9.40. The fourth-order valence-electron chi connectivity index (χ4n) is 3.34. The van der Waals surface area contributed by atoms with Crippen LogP contribution >= 0.6 is 21.6 Å². The number of carbonyl (C=O) groups is 2. The fourth-order valence-corrected chi connectivity index (χ4v) is 5.76. The number of nitrogens with zero attached hydrogens (tertiary/aromatic N) is 1. The van der Waals surface area contributed by atoms with E-state index in [0.717, 1.165) is 27.7 Å². The van der Waals surface area contributed by atoms with Crippen LogP contribution in [0.3, 0.4) is 0 Å². The predicted molar refractivity (Wildman–Crippen MR) is 119 cm³/mol. The van der Waals surface area contributed by atoms with Crippen molar-refractivity contribution in [3.63, 3.8) is 0 Å². The van der Waals surface area contributed by atoms with Gasteiger partial charge in [0.2, 0.25) is 5.91 Å². The average molecular weight is 408 g/mol. The molecule has 28 heavy (non-hydrogen) atoms. The molecule has 0 saturated carbocycles. The molecule has 0 aromatic heterocycles. The van der Waals surface area contributed by atoms with E-state index in [-0.39, 0.29) is 18.2 Å². The summed E-state index contributed by atoms with van der Waals surface area (Å²) in [6.07, 6.45) is 1.31. The summed E-state index contributed by atoms with van der Waals surface area (Å²) in [6.45, 7) is 4.34. The molecule has 1 atom stereocenters. The molecule has 2 amide bonds. The van der Waals surface area contributed by atoms with Gasteiger partial charge in [0.05, 0.1) is 17.7 Å². The smallest absolute Gasteiger partial charge is 0.266 e. The molecule has 1 unspecified atom stereocenters. The maximum Gasteiger partial charge on any atom is 0.266 e. The van der Waals surface area contributed by atoms with Crippen LogP contribution in [0, 0.1) is 0 Å². The van der Waals surface area contributed by atoms with Crippen LogP contribution in [0.2, 0.25) is 0 Å². The van der Waals surface area contributed by atoms with Gasteiger partial charge in [-0.1, -0.05) is 84.0 Å². The monoisotopic (exact) mass is 407 g/mol. The topological polar surface area (TPSA) is 37.4 Å². The summed E-state index contributed by atoms with van der Waals surface area (Å²) < 4.78 is 0. The van der Waals surface area contributed by atoms with Crippen molar-refractivity contribution in [2.45, 2.75) is 36.8 Å². The Hall–Kier alpha value is -2.24. The largest absolute Gasteiger partial charge is 0.274 e. The quantitative estimate of drug-likeness (QED) is 0.378.